The van der Waals surface area contributed by atoms with Gasteiger partial charge in [0.05, 0.1) is 19.6 Å². The maximum absolute atomic E-state index is 11.9. The Morgan fingerprint density at radius 3 is 2.63 bits per heavy atom. The lowest BCUT2D eigenvalue weighted by molar-refractivity contribution is -0.125. The molecule has 0 saturated carbocycles. The van der Waals surface area contributed by atoms with Crippen LogP contribution < -0.4 is 20.9 Å². The van der Waals surface area contributed by atoms with E-state index in [4.69, 9.17) is 4.74 Å². The Kier molecular flexibility index (Phi) is 4.01. The van der Waals surface area contributed by atoms with E-state index in [1.165, 1.54) is 0 Å². The number of amides is 2. The topological polar surface area (TPSA) is 79.5 Å². The van der Waals surface area contributed by atoms with Gasteiger partial charge >= 0.3 is 0 Å². The number of carbonyl (C=O) groups excluding carboxylic acids is 2. The third kappa shape index (κ3) is 3.23. The van der Waals surface area contributed by atoms with Crippen LogP contribution in [0.3, 0.4) is 0 Å². The summed E-state index contributed by atoms with van der Waals surface area (Å²) in [5.41, 5.74) is 6.04. The molecule has 0 bridgehead atoms. The first kappa shape index (κ1) is 13.4. The van der Waals surface area contributed by atoms with E-state index >= 15 is 0 Å². The normalized spacial score (nSPS) is 19.7. The molecule has 102 valence electrons. The van der Waals surface area contributed by atoms with E-state index in [0.29, 0.717) is 0 Å². The fourth-order valence-electron chi connectivity index (χ4n) is 1.90. The molecular formula is C13H17N3O3. The summed E-state index contributed by atoms with van der Waals surface area (Å²) in [7, 11) is 1.61. The van der Waals surface area contributed by atoms with E-state index in [0.717, 1.165) is 11.3 Å². The van der Waals surface area contributed by atoms with Crippen LogP contribution in [0, 0.1) is 0 Å². The van der Waals surface area contributed by atoms with E-state index in [1.807, 2.05) is 31.2 Å². The molecule has 2 unspecified atom stereocenters. The molecule has 6 heteroatoms. The van der Waals surface area contributed by atoms with Crippen molar-refractivity contribution in [2.75, 3.05) is 7.11 Å². The minimum Gasteiger partial charge on any atom is -0.497 e. The van der Waals surface area contributed by atoms with Crippen LogP contribution in [0.25, 0.3) is 0 Å². The number of hydrazine groups is 1. The van der Waals surface area contributed by atoms with Crippen molar-refractivity contribution in [3.05, 3.63) is 29.8 Å². The van der Waals surface area contributed by atoms with E-state index in [1.54, 1.807) is 7.11 Å². The summed E-state index contributed by atoms with van der Waals surface area (Å²) in [6.07, 6.45) is 0.168. The Morgan fingerprint density at radius 1 is 1.42 bits per heavy atom. The number of nitrogens with one attached hydrogen (secondary N) is 3. The number of ether oxygens (including phenoxy) is 1. The average Bonchev–Trinajstić information content (AvgIpc) is 2.85. The minimum absolute atomic E-state index is 0.129. The maximum atomic E-state index is 11.9. The monoisotopic (exact) mass is 263 g/mol. The highest BCUT2D eigenvalue weighted by molar-refractivity contribution is 5.90. The zero-order valence-electron chi connectivity index (χ0n) is 10.9. The van der Waals surface area contributed by atoms with Crippen molar-refractivity contribution < 1.29 is 14.3 Å². The molecule has 3 N–H and O–H groups in total. The van der Waals surface area contributed by atoms with Gasteiger partial charge in [-0.3, -0.25) is 15.0 Å². The van der Waals surface area contributed by atoms with Crippen LogP contribution in [-0.4, -0.2) is 25.0 Å². The Morgan fingerprint density at radius 2 is 2.11 bits per heavy atom. The van der Waals surface area contributed by atoms with Gasteiger partial charge in [-0.1, -0.05) is 12.1 Å². The van der Waals surface area contributed by atoms with Crippen LogP contribution in [-0.2, 0) is 9.59 Å². The number of methoxy groups -OCH3 is 1. The Hall–Kier alpha value is -2.08. The second-order valence-corrected chi connectivity index (χ2v) is 4.45. The molecule has 0 aliphatic carbocycles. The molecule has 0 radical (unpaired) electrons. The van der Waals surface area contributed by atoms with E-state index in [9.17, 15) is 9.59 Å². The quantitative estimate of drug-likeness (QED) is 0.728. The summed E-state index contributed by atoms with van der Waals surface area (Å²) in [5, 5.41) is 2.86. The minimum atomic E-state index is -0.506. The second-order valence-electron chi connectivity index (χ2n) is 4.45. The van der Waals surface area contributed by atoms with Crippen LogP contribution in [0.15, 0.2) is 24.3 Å². The zero-order valence-corrected chi connectivity index (χ0v) is 10.9. The number of hydrogen-bond donors (Lipinski definition) is 3. The van der Waals surface area contributed by atoms with Gasteiger partial charge in [0.25, 0.3) is 0 Å². The SMILES string of the molecule is COc1ccc(C(C)NC(=O)C2CC(=O)NN2)cc1. The predicted octanol–water partition coefficient (Wildman–Crippen LogP) is 0.265. The fourth-order valence-corrected chi connectivity index (χ4v) is 1.90. The van der Waals surface area contributed by atoms with Gasteiger partial charge in [-0.25, -0.2) is 5.43 Å². The smallest absolute Gasteiger partial charge is 0.239 e. The zero-order chi connectivity index (χ0) is 13.8. The lowest BCUT2D eigenvalue weighted by Crippen LogP contribution is -2.44. The molecule has 1 fully saturated rings. The van der Waals surface area contributed by atoms with Crippen LogP contribution >= 0.6 is 0 Å². The average molecular weight is 263 g/mol. The summed E-state index contributed by atoms with van der Waals surface area (Å²) >= 11 is 0. The van der Waals surface area contributed by atoms with Crippen molar-refractivity contribution in [2.45, 2.75) is 25.4 Å². The van der Waals surface area contributed by atoms with Crippen LogP contribution in [0.4, 0.5) is 0 Å². The first-order valence-corrected chi connectivity index (χ1v) is 6.09. The maximum Gasteiger partial charge on any atom is 0.239 e. The second kappa shape index (κ2) is 5.71. The highest BCUT2D eigenvalue weighted by Gasteiger charge is 2.28. The number of benzene rings is 1. The fraction of sp³-hybridized carbons (Fsp3) is 0.385. The van der Waals surface area contributed by atoms with Crippen molar-refractivity contribution in [1.82, 2.24) is 16.2 Å². The number of rotatable bonds is 4. The van der Waals surface area contributed by atoms with Gasteiger partial charge < -0.3 is 10.1 Å². The first-order valence-electron chi connectivity index (χ1n) is 6.09. The molecular weight excluding hydrogens is 246 g/mol. The highest BCUT2D eigenvalue weighted by atomic mass is 16.5. The van der Waals surface area contributed by atoms with Gasteiger partial charge in [0.15, 0.2) is 0 Å². The standard InChI is InChI=1S/C13H17N3O3/c1-8(9-3-5-10(19-2)6-4-9)14-13(18)11-7-12(17)16-15-11/h3-6,8,11,15H,7H2,1-2H3,(H,14,18)(H,16,17). The van der Waals surface area contributed by atoms with Crippen molar-refractivity contribution in [1.29, 1.82) is 0 Å². The number of hydrogen-bond acceptors (Lipinski definition) is 4. The van der Waals surface area contributed by atoms with Gasteiger partial charge in [-0.15, -0.1) is 0 Å². The molecule has 2 amide bonds. The van der Waals surface area contributed by atoms with Gasteiger partial charge in [0.1, 0.15) is 11.8 Å². The van der Waals surface area contributed by atoms with Gasteiger partial charge in [-0.2, -0.15) is 0 Å². The molecule has 0 spiro atoms. The third-order valence-corrected chi connectivity index (χ3v) is 3.07. The van der Waals surface area contributed by atoms with Gasteiger partial charge in [0.2, 0.25) is 11.8 Å². The summed E-state index contributed by atoms with van der Waals surface area (Å²) < 4.78 is 5.08. The number of carbonyl (C=O) groups is 2. The lowest BCUT2D eigenvalue weighted by Gasteiger charge is -2.17. The first-order chi connectivity index (χ1) is 9.10. The van der Waals surface area contributed by atoms with Crippen LogP contribution in [0.2, 0.25) is 0 Å². The molecule has 2 rings (SSSR count). The third-order valence-electron chi connectivity index (χ3n) is 3.07. The summed E-state index contributed by atoms with van der Waals surface area (Å²) in [5.74, 6) is 0.411. The molecule has 1 heterocycles. The lowest BCUT2D eigenvalue weighted by atomic mass is 10.1. The van der Waals surface area contributed by atoms with Crippen molar-refractivity contribution in [3.63, 3.8) is 0 Å². The van der Waals surface area contributed by atoms with Crippen molar-refractivity contribution in [3.8, 4) is 5.75 Å². The van der Waals surface area contributed by atoms with Crippen LogP contribution in [0.5, 0.6) is 5.75 Å². The Bertz CT molecular complexity index is 473. The van der Waals surface area contributed by atoms with E-state index in [-0.39, 0.29) is 24.3 Å². The molecule has 1 aromatic carbocycles. The molecule has 6 nitrogen and oxygen atoms in total. The Balaban J connectivity index is 1.94. The van der Waals surface area contributed by atoms with E-state index in [2.05, 4.69) is 16.2 Å². The molecule has 1 saturated heterocycles. The molecule has 1 aliphatic heterocycles. The summed E-state index contributed by atoms with van der Waals surface area (Å²) in [4.78, 5) is 22.9. The molecule has 1 aromatic rings. The molecule has 19 heavy (non-hydrogen) atoms. The molecule has 1 aliphatic rings. The summed E-state index contributed by atoms with van der Waals surface area (Å²) in [6.45, 7) is 1.89. The van der Waals surface area contributed by atoms with E-state index < -0.39 is 6.04 Å². The highest BCUT2D eigenvalue weighted by Crippen LogP contribution is 2.17. The van der Waals surface area contributed by atoms with Crippen molar-refractivity contribution in [2.24, 2.45) is 0 Å². The predicted molar refractivity (Wildman–Crippen MR) is 69.2 cm³/mol. The van der Waals surface area contributed by atoms with Crippen molar-refractivity contribution >= 4 is 11.8 Å². The van der Waals surface area contributed by atoms with Gasteiger partial charge in [0, 0.05) is 0 Å². The van der Waals surface area contributed by atoms with Gasteiger partial charge in [-0.05, 0) is 24.6 Å². The largest absolute Gasteiger partial charge is 0.497 e. The summed E-state index contributed by atoms with van der Waals surface area (Å²) in [6, 6.07) is 6.85. The molecule has 2 atom stereocenters. The molecule has 0 aromatic heterocycles. The Labute approximate surface area is 111 Å². The van der Waals surface area contributed by atoms with Crippen LogP contribution in [0.1, 0.15) is 24.9 Å².